The van der Waals surface area contributed by atoms with Gasteiger partial charge < -0.3 is 27.0 Å². The zero-order valence-corrected chi connectivity index (χ0v) is 36.4. The predicted octanol–water partition coefficient (Wildman–Crippen LogP) is 10.3. The van der Waals surface area contributed by atoms with Crippen molar-refractivity contribution in [2.45, 2.75) is 136 Å². The molecule has 3 saturated carbocycles. The zero-order chi connectivity index (χ0) is 33.7. The number of nitriles is 4. The van der Waals surface area contributed by atoms with Crippen molar-refractivity contribution < 1.29 is 56.6 Å². The number of hydrogen-bond donors (Lipinski definition) is 0. The first kappa shape index (κ1) is 81.2. The van der Waals surface area contributed by atoms with Crippen LogP contribution in [0.1, 0.15) is 136 Å². The van der Waals surface area contributed by atoms with Gasteiger partial charge in [-0.1, -0.05) is 109 Å². The number of nitrogens with zero attached hydrogens (tertiary/aromatic N) is 4. The summed E-state index contributed by atoms with van der Waals surface area (Å²) in [5, 5.41) is 29.3. The molecule has 0 aliphatic heterocycles. The Labute approximate surface area is 325 Å². The van der Waals surface area contributed by atoms with Gasteiger partial charge in [-0.2, -0.15) is 21.0 Å². The van der Waals surface area contributed by atoms with Crippen LogP contribution in [-0.2, 0) is 39.0 Å². The fourth-order valence-electron chi connectivity index (χ4n) is 5.67. The van der Waals surface area contributed by atoms with Crippen LogP contribution >= 0.6 is 0 Å². The van der Waals surface area contributed by atoms with Gasteiger partial charge in [-0.05, 0) is 59.2 Å². The SMILES string of the molecule is C.C1CCCC1.CC#N.CC#N.CC#N.CC#N.CC1C(C)C(C)C(C)C1C.CC1C(C)C(C)C(C)C1C.FB(F)F.[CH3-].[CH3-].[CH3-].[F-].[Ru+2].[Ru+]. The number of hydrogen-bond acceptors (Lipinski definition) is 4. The summed E-state index contributed by atoms with van der Waals surface area (Å²) < 4.78 is 29.0. The second-order valence-corrected chi connectivity index (χ2v) is 11.5. The van der Waals surface area contributed by atoms with Gasteiger partial charge in [-0.3, -0.25) is 12.9 Å². The van der Waals surface area contributed by atoms with Crippen molar-refractivity contribution in [1.29, 1.82) is 21.0 Å². The van der Waals surface area contributed by atoms with E-state index in [1.165, 1.54) is 59.8 Å². The molecule has 3 aliphatic rings. The predicted molar refractivity (Wildman–Crippen MR) is 195 cm³/mol. The van der Waals surface area contributed by atoms with Crippen LogP contribution in [0.25, 0.3) is 0 Å². The van der Waals surface area contributed by atoms with Gasteiger partial charge in [0.2, 0.25) is 0 Å². The van der Waals surface area contributed by atoms with E-state index in [2.05, 4.69) is 69.2 Å². The smallest absolute Gasteiger partial charge is 1.00 e. The quantitative estimate of drug-likeness (QED) is 0.138. The van der Waals surface area contributed by atoms with Crippen LogP contribution in [0.5, 0.6) is 0 Å². The summed E-state index contributed by atoms with van der Waals surface area (Å²) >= 11 is 0. The average molecular weight is 865 g/mol. The summed E-state index contributed by atoms with van der Waals surface area (Å²) in [6.07, 6.45) is 7.50. The van der Waals surface area contributed by atoms with Gasteiger partial charge in [0.15, 0.2) is 0 Å². The second-order valence-electron chi connectivity index (χ2n) is 11.5. The number of rotatable bonds is 0. The first-order valence-electron chi connectivity index (χ1n) is 15.2. The van der Waals surface area contributed by atoms with Gasteiger partial charge in [0.1, 0.15) is 0 Å². The van der Waals surface area contributed by atoms with Crippen LogP contribution in [0.2, 0.25) is 0 Å². The zero-order valence-electron chi connectivity index (χ0n) is 32.9. The van der Waals surface area contributed by atoms with E-state index in [1.54, 1.807) is 24.3 Å². The molecule has 291 valence electrons. The van der Waals surface area contributed by atoms with Crippen LogP contribution in [-0.4, -0.2) is 7.54 Å². The molecule has 11 heteroatoms. The topological polar surface area (TPSA) is 95.2 Å². The summed E-state index contributed by atoms with van der Waals surface area (Å²) in [6.45, 7) is 29.7. The largest absolute Gasteiger partial charge is 2.00 e. The Morgan fingerprint density at radius 2 is 0.458 bits per heavy atom. The number of halogens is 4. The first-order valence-corrected chi connectivity index (χ1v) is 15.2. The van der Waals surface area contributed by atoms with E-state index in [4.69, 9.17) is 21.0 Å². The van der Waals surface area contributed by atoms with Crippen molar-refractivity contribution in [2.75, 3.05) is 0 Å². The second kappa shape index (κ2) is 55.4. The van der Waals surface area contributed by atoms with E-state index in [0.29, 0.717) is 0 Å². The minimum absolute atomic E-state index is 0. The van der Waals surface area contributed by atoms with Gasteiger partial charge in [-0.25, -0.2) is 0 Å². The Hall–Kier alpha value is -1.01. The van der Waals surface area contributed by atoms with E-state index in [0.717, 1.165) is 59.2 Å². The molecule has 1 radical (unpaired) electrons. The molecule has 0 aromatic carbocycles. The molecule has 0 saturated heterocycles. The molecular formula is C37H75BF4N4Ru2-. The Balaban J connectivity index is -0.0000000320. The summed E-state index contributed by atoms with van der Waals surface area (Å²) in [6, 6.07) is 7.00. The van der Waals surface area contributed by atoms with E-state index >= 15 is 0 Å². The van der Waals surface area contributed by atoms with Gasteiger partial charge in [-0.15, -0.1) is 0 Å². The fourth-order valence-corrected chi connectivity index (χ4v) is 5.67. The molecule has 0 bridgehead atoms. The molecule has 3 rings (SSSR count). The van der Waals surface area contributed by atoms with E-state index in [9.17, 15) is 12.9 Å². The molecule has 3 aliphatic carbocycles. The molecule has 0 heterocycles. The normalized spacial score (nSPS) is 26.9. The van der Waals surface area contributed by atoms with E-state index in [1.807, 2.05) is 0 Å². The van der Waals surface area contributed by atoms with Gasteiger partial charge in [0.25, 0.3) is 0 Å². The van der Waals surface area contributed by atoms with Crippen molar-refractivity contribution in [2.24, 2.45) is 59.2 Å². The van der Waals surface area contributed by atoms with Crippen LogP contribution in [0.15, 0.2) is 0 Å². The monoisotopic (exact) mass is 866 g/mol. The maximum Gasteiger partial charge on any atom is 2.00 e. The van der Waals surface area contributed by atoms with E-state index < -0.39 is 7.54 Å². The Morgan fingerprint density at radius 3 is 0.500 bits per heavy atom. The minimum atomic E-state index is -3.67. The van der Waals surface area contributed by atoms with Gasteiger partial charge >= 0.3 is 46.5 Å². The van der Waals surface area contributed by atoms with Crippen LogP contribution in [0, 0.1) is 127 Å². The standard InChI is InChI=1S/2C10H20.C5H10.4C2H3N.CH4.3CH3.BF3.FH.2Ru/c2*1-6-7(2)9(4)10(5)8(6)3;1-2-4-5-3-1;4*1-2-3;;;;;2-1(3)4;;;/h2*6-10H,1-5H3;1-5H2;4*1H3;1H4;3*1H3;;1H;;/q;;;;;;;;3*-1;;;+1;+2/p-1. The fraction of sp³-hybridized carbons (Fsp3) is 0.811. The molecule has 0 unspecified atom stereocenters. The van der Waals surface area contributed by atoms with E-state index in [-0.39, 0.29) is 73.4 Å². The molecule has 0 aromatic heterocycles. The Kier molecular flexibility index (Phi) is 93.7. The molecule has 0 spiro atoms. The molecular weight excluding hydrogens is 789 g/mol. The molecule has 4 nitrogen and oxygen atoms in total. The molecule has 3 fully saturated rings. The third-order valence-electron chi connectivity index (χ3n) is 9.54. The van der Waals surface area contributed by atoms with Gasteiger partial charge in [0, 0.05) is 27.7 Å². The van der Waals surface area contributed by atoms with Crippen LogP contribution < -0.4 is 4.70 Å². The van der Waals surface area contributed by atoms with Crippen molar-refractivity contribution >= 4 is 7.54 Å². The molecule has 0 aromatic rings. The van der Waals surface area contributed by atoms with Crippen molar-refractivity contribution in [3.05, 3.63) is 22.3 Å². The van der Waals surface area contributed by atoms with Crippen LogP contribution in [0.4, 0.5) is 12.9 Å². The van der Waals surface area contributed by atoms with Crippen molar-refractivity contribution in [3.8, 4) is 24.3 Å². The van der Waals surface area contributed by atoms with Crippen LogP contribution in [0.3, 0.4) is 0 Å². The maximum absolute atomic E-state index is 9.67. The molecule has 0 atom stereocenters. The minimum Gasteiger partial charge on any atom is -1.00 e. The Bertz CT molecular complexity index is 574. The van der Waals surface area contributed by atoms with Crippen molar-refractivity contribution in [3.63, 3.8) is 0 Å². The molecule has 0 N–H and O–H groups in total. The summed E-state index contributed by atoms with van der Waals surface area (Å²) in [5.41, 5.74) is 0. The van der Waals surface area contributed by atoms with Crippen molar-refractivity contribution in [1.82, 2.24) is 0 Å². The molecule has 48 heavy (non-hydrogen) atoms. The third kappa shape index (κ3) is 45.0. The summed E-state index contributed by atoms with van der Waals surface area (Å²) in [5.74, 6) is 9.35. The third-order valence-corrected chi connectivity index (χ3v) is 9.54. The average Bonchev–Trinajstić information content (AvgIpc) is 3.58. The summed E-state index contributed by atoms with van der Waals surface area (Å²) in [4.78, 5) is 0. The first-order chi connectivity index (χ1) is 19.0. The maximum atomic E-state index is 9.67. The molecule has 0 amide bonds. The Morgan fingerprint density at radius 1 is 0.417 bits per heavy atom. The van der Waals surface area contributed by atoms with Gasteiger partial charge in [0.05, 0.1) is 24.3 Å². The summed E-state index contributed by atoms with van der Waals surface area (Å²) in [7, 11) is -3.67.